The lowest BCUT2D eigenvalue weighted by Crippen LogP contribution is -2.04. The fourth-order valence-electron chi connectivity index (χ4n) is 2.96. The average molecular weight is 266 g/mol. The zero-order valence-electron chi connectivity index (χ0n) is 12.8. The molecule has 0 aromatic heterocycles. The van der Waals surface area contributed by atoms with Gasteiger partial charge in [0, 0.05) is 0 Å². The Kier molecular flexibility index (Phi) is 5.86. The van der Waals surface area contributed by atoms with Gasteiger partial charge in [0.25, 0.3) is 0 Å². The van der Waals surface area contributed by atoms with Gasteiger partial charge < -0.3 is 0 Å². The molecule has 0 saturated carbocycles. The van der Waals surface area contributed by atoms with E-state index in [4.69, 9.17) is 0 Å². The molecular weight excluding hydrogens is 240 g/mol. The lowest BCUT2D eigenvalue weighted by molar-refractivity contribution is 0.438. The van der Waals surface area contributed by atoms with Crippen molar-refractivity contribution in [3.8, 4) is 11.1 Å². The van der Waals surface area contributed by atoms with E-state index < -0.39 is 0 Å². The van der Waals surface area contributed by atoms with E-state index in [0.717, 1.165) is 5.92 Å². The number of rotatable bonds is 7. The van der Waals surface area contributed by atoms with Crippen LogP contribution >= 0.6 is 0 Å². The molecule has 0 aliphatic heterocycles. The fourth-order valence-corrected chi connectivity index (χ4v) is 2.96. The summed E-state index contributed by atoms with van der Waals surface area (Å²) in [4.78, 5) is 0. The van der Waals surface area contributed by atoms with Gasteiger partial charge >= 0.3 is 0 Å². The van der Waals surface area contributed by atoms with Crippen LogP contribution in [0.2, 0.25) is 0 Å². The molecule has 0 spiro atoms. The summed E-state index contributed by atoms with van der Waals surface area (Å²) in [6.07, 6.45) is 6.54. The van der Waals surface area contributed by atoms with Gasteiger partial charge in [0.05, 0.1) is 0 Å². The highest BCUT2D eigenvalue weighted by Crippen LogP contribution is 2.23. The molecule has 2 aromatic carbocycles. The largest absolute Gasteiger partial charge is 0.0654 e. The second kappa shape index (κ2) is 7.89. The number of hydrogen-bond acceptors (Lipinski definition) is 0. The third-order valence-corrected chi connectivity index (χ3v) is 3.98. The second-order valence-corrected chi connectivity index (χ2v) is 5.71. The first-order valence-corrected chi connectivity index (χ1v) is 7.97. The molecule has 106 valence electrons. The minimum absolute atomic E-state index is 0.854. The molecule has 0 aliphatic rings. The summed E-state index contributed by atoms with van der Waals surface area (Å²) in [5, 5.41) is 0. The highest BCUT2D eigenvalue weighted by Gasteiger charge is 2.08. The SMILES string of the molecule is CCCC(CCC)Cc1ccc(-c2ccccc2)cc1. The normalized spacial score (nSPS) is 10.9. The summed E-state index contributed by atoms with van der Waals surface area (Å²) in [5.41, 5.74) is 4.10. The molecular formula is C20H26. The van der Waals surface area contributed by atoms with Gasteiger partial charge in [-0.1, -0.05) is 94.1 Å². The molecule has 0 atom stereocenters. The van der Waals surface area contributed by atoms with Crippen LogP contribution < -0.4 is 0 Å². The van der Waals surface area contributed by atoms with Gasteiger partial charge in [0.15, 0.2) is 0 Å². The van der Waals surface area contributed by atoms with Gasteiger partial charge in [0.1, 0.15) is 0 Å². The first kappa shape index (κ1) is 14.8. The Hall–Kier alpha value is -1.56. The summed E-state index contributed by atoms with van der Waals surface area (Å²) in [6.45, 7) is 4.59. The van der Waals surface area contributed by atoms with Crippen LogP contribution in [0.5, 0.6) is 0 Å². The molecule has 0 heteroatoms. The predicted octanol–water partition coefficient (Wildman–Crippen LogP) is 6.11. The predicted molar refractivity (Wildman–Crippen MR) is 88.9 cm³/mol. The summed E-state index contributed by atoms with van der Waals surface area (Å²) in [6, 6.07) is 19.8. The Morgan fingerprint density at radius 2 is 1.25 bits per heavy atom. The minimum Gasteiger partial charge on any atom is -0.0654 e. The standard InChI is InChI=1S/C20H26/c1-3-8-17(9-4-2)16-18-12-14-20(15-13-18)19-10-6-5-7-11-19/h5-7,10-15,17H,3-4,8-9,16H2,1-2H3. The summed E-state index contributed by atoms with van der Waals surface area (Å²) in [7, 11) is 0. The smallest absolute Gasteiger partial charge is 0.0184 e. The number of benzene rings is 2. The summed E-state index contributed by atoms with van der Waals surface area (Å²) in [5.74, 6) is 0.854. The van der Waals surface area contributed by atoms with Crippen molar-refractivity contribution in [1.82, 2.24) is 0 Å². The van der Waals surface area contributed by atoms with Crippen LogP contribution in [0.4, 0.5) is 0 Å². The zero-order valence-corrected chi connectivity index (χ0v) is 12.8. The molecule has 0 saturated heterocycles. The molecule has 0 amide bonds. The van der Waals surface area contributed by atoms with Crippen LogP contribution in [0.25, 0.3) is 11.1 Å². The van der Waals surface area contributed by atoms with Gasteiger partial charge in [-0.05, 0) is 29.0 Å². The lowest BCUT2D eigenvalue weighted by Gasteiger charge is -2.15. The topological polar surface area (TPSA) is 0 Å². The molecule has 0 aliphatic carbocycles. The quantitative estimate of drug-likeness (QED) is 0.567. The van der Waals surface area contributed by atoms with E-state index in [1.54, 1.807) is 0 Å². The van der Waals surface area contributed by atoms with Crippen LogP contribution in [0.15, 0.2) is 54.6 Å². The van der Waals surface area contributed by atoms with Gasteiger partial charge in [-0.3, -0.25) is 0 Å². The van der Waals surface area contributed by atoms with E-state index >= 15 is 0 Å². The van der Waals surface area contributed by atoms with Crippen LogP contribution in [-0.2, 0) is 6.42 Å². The molecule has 2 rings (SSSR count). The van der Waals surface area contributed by atoms with Gasteiger partial charge in [-0.2, -0.15) is 0 Å². The van der Waals surface area contributed by atoms with Crippen LogP contribution in [0, 0.1) is 5.92 Å². The third-order valence-electron chi connectivity index (χ3n) is 3.98. The maximum atomic E-state index is 2.31. The Morgan fingerprint density at radius 3 is 1.80 bits per heavy atom. The van der Waals surface area contributed by atoms with Gasteiger partial charge in [-0.25, -0.2) is 0 Å². The Morgan fingerprint density at radius 1 is 0.700 bits per heavy atom. The molecule has 0 bridgehead atoms. The first-order chi connectivity index (χ1) is 9.83. The van der Waals surface area contributed by atoms with Crippen molar-refractivity contribution in [3.05, 3.63) is 60.2 Å². The third kappa shape index (κ3) is 4.23. The molecule has 0 nitrogen and oxygen atoms in total. The van der Waals surface area contributed by atoms with Crippen molar-refractivity contribution >= 4 is 0 Å². The van der Waals surface area contributed by atoms with Crippen LogP contribution in [0.3, 0.4) is 0 Å². The molecule has 0 unspecified atom stereocenters. The first-order valence-electron chi connectivity index (χ1n) is 7.97. The van der Waals surface area contributed by atoms with Crippen molar-refractivity contribution in [2.45, 2.75) is 46.0 Å². The number of hydrogen-bond donors (Lipinski definition) is 0. The Labute approximate surface area is 123 Å². The monoisotopic (exact) mass is 266 g/mol. The average Bonchev–Trinajstić information content (AvgIpc) is 2.49. The van der Waals surface area contributed by atoms with Crippen molar-refractivity contribution in [1.29, 1.82) is 0 Å². The Bertz CT molecular complexity index is 475. The molecule has 0 fully saturated rings. The molecule has 0 heterocycles. The fraction of sp³-hybridized carbons (Fsp3) is 0.400. The van der Waals surface area contributed by atoms with E-state index in [1.807, 2.05) is 0 Å². The lowest BCUT2D eigenvalue weighted by atomic mass is 9.90. The molecule has 2 aromatic rings. The summed E-state index contributed by atoms with van der Waals surface area (Å²) < 4.78 is 0. The maximum Gasteiger partial charge on any atom is -0.0184 e. The highest BCUT2D eigenvalue weighted by molar-refractivity contribution is 5.63. The van der Waals surface area contributed by atoms with Gasteiger partial charge in [0.2, 0.25) is 0 Å². The van der Waals surface area contributed by atoms with E-state index in [2.05, 4.69) is 68.4 Å². The van der Waals surface area contributed by atoms with Gasteiger partial charge in [-0.15, -0.1) is 0 Å². The molecule has 0 N–H and O–H groups in total. The van der Waals surface area contributed by atoms with Crippen molar-refractivity contribution in [3.63, 3.8) is 0 Å². The van der Waals surface area contributed by atoms with E-state index in [-0.39, 0.29) is 0 Å². The van der Waals surface area contributed by atoms with Crippen molar-refractivity contribution in [2.24, 2.45) is 5.92 Å². The van der Waals surface area contributed by atoms with E-state index in [1.165, 1.54) is 48.8 Å². The minimum atomic E-state index is 0.854. The maximum absolute atomic E-state index is 2.31. The highest BCUT2D eigenvalue weighted by atomic mass is 14.1. The second-order valence-electron chi connectivity index (χ2n) is 5.71. The Balaban J connectivity index is 2.04. The van der Waals surface area contributed by atoms with Crippen LogP contribution in [0.1, 0.15) is 45.1 Å². The van der Waals surface area contributed by atoms with Crippen LogP contribution in [-0.4, -0.2) is 0 Å². The van der Waals surface area contributed by atoms with E-state index in [0.29, 0.717) is 0 Å². The zero-order chi connectivity index (χ0) is 14.2. The summed E-state index contributed by atoms with van der Waals surface area (Å²) >= 11 is 0. The molecule has 20 heavy (non-hydrogen) atoms. The van der Waals surface area contributed by atoms with Crippen molar-refractivity contribution < 1.29 is 0 Å². The van der Waals surface area contributed by atoms with Crippen molar-refractivity contribution in [2.75, 3.05) is 0 Å². The molecule has 0 radical (unpaired) electrons. The van der Waals surface area contributed by atoms with E-state index in [9.17, 15) is 0 Å².